The largest absolute Gasteiger partial charge is 0.481 e. The third kappa shape index (κ3) is 31.4. The van der Waals surface area contributed by atoms with E-state index in [0.717, 1.165) is 111 Å². The Morgan fingerprint density at radius 2 is 1.03 bits per heavy atom. The number of nitrogens with zero attached hydrogens (tertiary/aromatic N) is 1. The van der Waals surface area contributed by atoms with Crippen LogP contribution in [0.25, 0.3) is 0 Å². The van der Waals surface area contributed by atoms with E-state index in [0.29, 0.717) is 31.7 Å². The lowest BCUT2D eigenvalue weighted by Gasteiger charge is -2.32. The number of nitrogens with one attached hydrogen (secondary N) is 14. The van der Waals surface area contributed by atoms with Crippen LogP contribution in [0.3, 0.4) is 0 Å². The van der Waals surface area contributed by atoms with Crippen molar-refractivity contribution in [2.45, 2.75) is 253 Å². The molecule has 6 unspecified atom stereocenters. The molecule has 3 heterocycles. The van der Waals surface area contributed by atoms with Gasteiger partial charge in [0, 0.05) is 44.0 Å². The maximum absolute atomic E-state index is 15.4. The molecule has 6 rings (SSSR count). The number of aliphatic carboxylic acids is 2. The van der Waals surface area contributed by atoms with Gasteiger partial charge in [-0.15, -0.1) is 0 Å². The molecule has 16 amide bonds. The Morgan fingerprint density at radius 3 is 1.57 bits per heavy atom. The molecule has 42 heteroatoms. The molecular weight excluding hydrogens is 1560 g/mol. The highest BCUT2D eigenvalue weighted by atomic mass is 33.1. The van der Waals surface area contributed by atoms with Crippen LogP contribution in [-0.4, -0.2) is 268 Å². The van der Waals surface area contributed by atoms with Crippen molar-refractivity contribution in [3.05, 3.63) is 0 Å². The van der Waals surface area contributed by atoms with Crippen LogP contribution in [0.2, 0.25) is 0 Å². The van der Waals surface area contributed by atoms with Crippen molar-refractivity contribution >= 4 is 140 Å². The standard InChI is InChI=1S/C73H118N18O21S3/c1-36(2)23-48-65(104)81-45(19-20-57(74)94)63(102)84-50(25-39-30-77-43-17-11-9-15-41(39)43)68(107)86-52(27-58(75)95)69(108)90-56(73(112)91(4)32-59(96)80-49(24-38-13-7-6-8-14-38)66(105)82-47(62(76)101)28-60(97)98)35-115-114-34-55(72(111)85-51(67(106)83-48)26-40-31-78-44-18-12-10-16-42(40)44)89-70(109)53(29-61(99)100)87-71(110)54(33-92)88-64(103)46(21-22-113-5)79-37(3)93/h36,38-56,77-78,92H,6-35H2,1-5H3,(H2,74,94)(H2,75,95)(H2,76,101)(H,79,93)(H,80,96)(H,81,104)(H,82,105)(H,83,106)(H,84,102)(H,85,111)(H,86,107)(H,87,110)(H,88,103)(H,89,109)(H,90,108)(H,97,98)(H,99,100)/t39?,40?,41?,42?,43?,44?,45-,46-,47-,48-,49-,50-,51-,52-,53-,54-,55-,56-/m0/s1. The lowest BCUT2D eigenvalue weighted by Crippen LogP contribution is -2.61. The molecule has 0 radical (unpaired) electrons. The first-order valence-electron chi connectivity index (χ1n) is 39.5. The number of hydrogen-bond acceptors (Lipinski definition) is 24. The van der Waals surface area contributed by atoms with E-state index >= 15 is 28.8 Å². The van der Waals surface area contributed by atoms with Gasteiger partial charge in [-0.2, -0.15) is 11.8 Å². The monoisotopic (exact) mass is 1680 g/mol. The number of carboxylic acid groups (broad SMARTS) is 2. The normalized spacial score (nSPS) is 26.8. The van der Waals surface area contributed by atoms with Gasteiger partial charge in [0.1, 0.15) is 72.5 Å². The Balaban J connectivity index is 1.46. The molecule has 18 atom stereocenters. The average molecular weight is 1680 g/mol. The SMILES string of the molecule is CSCC[C@H](NC(C)=O)C(=O)N[C@@H](CO)C(=O)N[C@@H](CC(=O)O)C(=O)N[C@H]1CSSC[C@@H](C(=O)N(C)CC(=O)N[C@@H](CC2CCCCC2)C(=O)N[C@@H](CC(=O)O)C(N)=O)NC(=O)[C@H](CC(N)=O)NC(=O)[C@H](CC2CNC3CCCCC23)NC(=O)[C@H](CCC(N)=O)NC(=O)[C@H](CC(C)C)NC(=O)[C@H](CC2CNC3CCCCC23)NC1=O. The van der Waals surface area contributed by atoms with E-state index in [-0.39, 0.29) is 79.7 Å². The smallest absolute Gasteiger partial charge is 0.305 e. The van der Waals surface area contributed by atoms with Crippen molar-refractivity contribution in [2.24, 2.45) is 52.7 Å². The zero-order valence-corrected chi connectivity index (χ0v) is 68.3. The molecule has 644 valence electrons. The number of primary amides is 3. The molecule has 0 aromatic heterocycles. The van der Waals surface area contributed by atoms with E-state index in [1.54, 1.807) is 20.1 Å². The first kappa shape index (κ1) is 95.2. The average Bonchev–Trinajstić information content (AvgIpc) is 1.71. The number of fused-ring (bicyclic) bond motifs is 2. The van der Waals surface area contributed by atoms with Gasteiger partial charge in [-0.05, 0) is 125 Å². The predicted molar refractivity (Wildman–Crippen MR) is 422 cm³/mol. The van der Waals surface area contributed by atoms with Crippen LogP contribution in [0.5, 0.6) is 0 Å². The Kier molecular flexibility index (Phi) is 39.4. The van der Waals surface area contributed by atoms with Gasteiger partial charge in [-0.25, -0.2) is 0 Å². The minimum Gasteiger partial charge on any atom is -0.481 e. The van der Waals surface area contributed by atoms with Gasteiger partial charge in [-0.1, -0.05) is 93.2 Å². The molecule has 6 fully saturated rings. The summed E-state index contributed by atoms with van der Waals surface area (Å²) in [6.07, 6.45) is 8.14. The summed E-state index contributed by atoms with van der Waals surface area (Å²) in [5.41, 5.74) is 16.9. The number of amides is 16. The van der Waals surface area contributed by atoms with Gasteiger partial charge in [-0.3, -0.25) is 86.3 Å². The highest BCUT2D eigenvalue weighted by Crippen LogP contribution is 2.39. The number of rotatable bonds is 35. The van der Waals surface area contributed by atoms with Crippen molar-refractivity contribution in [2.75, 3.05) is 56.8 Å². The number of carboxylic acids is 2. The van der Waals surface area contributed by atoms with Crippen LogP contribution >= 0.6 is 33.3 Å². The zero-order valence-electron chi connectivity index (χ0n) is 65.9. The van der Waals surface area contributed by atoms with Crippen LogP contribution in [0.1, 0.15) is 168 Å². The fraction of sp³-hybridized carbons (Fsp3) is 0.753. The summed E-state index contributed by atoms with van der Waals surface area (Å²) in [5, 5.41) is 67.5. The van der Waals surface area contributed by atoms with Gasteiger partial charge >= 0.3 is 11.9 Å². The van der Waals surface area contributed by atoms with Crippen LogP contribution in [0.15, 0.2) is 0 Å². The van der Waals surface area contributed by atoms with Gasteiger partial charge in [0.25, 0.3) is 0 Å². The summed E-state index contributed by atoms with van der Waals surface area (Å²) in [6.45, 7) is 3.45. The molecule has 39 nitrogen and oxygen atoms in total. The Morgan fingerprint density at radius 1 is 0.539 bits per heavy atom. The third-order valence-electron chi connectivity index (χ3n) is 21.8. The van der Waals surface area contributed by atoms with E-state index in [2.05, 4.69) is 74.4 Å². The summed E-state index contributed by atoms with van der Waals surface area (Å²) in [4.78, 5) is 252. The summed E-state index contributed by atoms with van der Waals surface area (Å²) in [7, 11) is 2.64. The van der Waals surface area contributed by atoms with Crippen LogP contribution < -0.4 is 91.6 Å². The molecular formula is C73H118N18O21S3. The molecule has 0 aromatic rings. The number of likely N-dealkylation sites (N-methyl/N-ethyl adjacent to an activating group) is 1. The fourth-order valence-corrected chi connectivity index (χ4v) is 18.7. The van der Waals surface area contributed by atoms with Crippen molar-refractivity contribution in [3.63, 3.8) is 0 Å². The minimum atomic E-state index is -2.10. The quantitative estimate of drug-likeness (QED) is 0.0265. The molecule has 6 aliphatic rings. The lowest BCUT2D eigenvalue weighted by atomic mass is 9.77. The van der Waals surface area contributed by atoms with Gasteiger partial charge in [0.05, 0.1) is 32.4 Å². The topological polar surface area (TPSA) is 618 Å². The number of aliphatic hydroxyl groups excluding tert-OH is 1. The van der Waals surface area contributed by atoms with Crippen molar-refractivity contribution in [3.8, 4) is 0 Å². The molecule has 23 N–H and O–H groups in total. The molecule has 3 saturated heterocycles. The molecule has 0 bridgehead atoms. The Hall–Kier alpha value is -8.61. The van der Waals surface area contributed by atoms with Gasteiger partial charge in [0.15, 0.2) is 0 Å². The maximum atomic E-state index is 15.4. The molecule has 3 aliphatic carbocycles. The molecule has 115 heavy (non-hydrogen) atoms. The molecule has 0 spiro atoms. The highest BCUT2D eigenvalue weighted by Gasteiger charge is 2.45. The second kappa shape index (κ2) is 47.6. The van der Waals surface area contributed by atoms with Crippen LogP contribution in [-0.2, 0) is 86.3 Å². The van der Waals surface area contributed by atoms with Crippen molar-refractivity contribution < 1.29 is 102 Å². The Labute approximate surface area is 680 Å². The maximum Gasteiger partial charge on any atom is 0.305 e. The van der Waals surface area contributed by atoms with E-state index in [1.807, 2.05) is 0 Å². The second-order valence-electron chi connectivity index (χ2n) is 31.3. The number of carbonyl (C=O) groups is 18. The summed E-state index contributed by atoms with van der Waals surface area (Å²) in [5.74, 6) is -21.6. The van der Waals surface area contributed by atoms with Crippen molar-refractivity contribution in [1.82, 2.24) is 79.3 Å². The number of nitrogens with two attached hydrogens (primary N) is 3. The first-order chi connectivity index (χ1) is 54.5. The molecule has 3 saturated carbocycles. The number of carbonyl (C=O) groups excluding carboxylic acids is 16. The third-order valence-corrected chi connectivity index (χ3v) is 24.9. The minimum absolute atomic E-state index is 0.00183. The fourth-order valence-electron chi connectivity index (χ4n) is 15.9. The number of aliphatic hydroxyl groups is 1. The summed E-state index contributed by atoms with van der Waals surface area (Å²) < 4.78 is 0. The van der Waals surface area contributed by atoms with E-state index in [9.17, 15) is 72.9 Å². The predicted octanol–water partition coefficient (Wildman–Crippen LogP) is -4.65. The highest BCUT2D eigenvalue weighted by molar-refractivity contribution is 8.76. The van der Waals surface area contributed by atoms with Crippen molar-refractivity contribution in [1.29, 1.82) is 0 Å². The number of thioether (sulfide) groups is 1. The molecule has 0 aromatic carbocycles. The van der Waals surface area contributed by atoms with Crippen LogP contribution in [0, 0.1) is 35.5 Å². The van der Waals surface area contributed by atoms with E-state index in [1.165, 1.54) is 11.8 Å². The Bertz CT molecular complexity index is 3470. The van der Waals surface area contributed by atoms with Crippen LogP contribution in [0.4, 0.5) is 0 Å². The molecule has 3 aliphatic heterocycles. The summed E-state index contributed by atoms with van der Waals surface area (Å²) in [6, 6.07) is -20.0. The van der Waals surface area contributed by atoms with E-state index < -0.39 is 236 Å². The first-order valence-corrected chi connectivity index (χ1v) is 43.4. The number of hydrogen-bond donors (Lipinski definition) is 20. The van der Waals surface area contributed by atoms with Gasteiger partial charge < -0.3 is 112 Å². The second-order valence-corrected chi connectivity index (χ2v) is 34.8. The van der Waals surface area contributed by atoms with E-state index in [4.69, 9.17) is 17.2 Å². The zero-order chi connectivity index (χ0) is 84.8. The van der Waals surface area contributed by atoms with Gasteiger partial charge in [0.2, 0.25) is 94.5 Å². The summed E-state index contributed by atoms with van der Waals surface area (Å²) >= 11 is 1.34. The lowest BCUT2D eigenvalue weighted by molar-refractivity contribution is -0.142.